The van der Waals surface area contributed by atoms with Gasteiger partial charge in [-0.3, -0.25) is 14.5 Å². The molecule has 0 unspecified atom stereocenters. The van der Waals surface area contributed by atoms with E-state index in [2.05, 4.69) is 10.6 Å². The van der Waals surface area contributed by atoms with Gasteiger partial charge in [0.25, 0.3) is 5.91 Å². The van der Waals surface area contributed by atoms with Gasteiger partial charge in [-0.15, -0.1) is 0 Å². The van der Waals surface area contributed by atoms with Crippen molar-refractivity contribution in [1.29, 1.82) is 0 Å². The zero-order valence-corrected chi connectivity index (χ0v) is 18.2. The summed E-state index contributed by atoms with van der Waals surface area (Å²) >= 11 is 0. The van der Waals surface area contributed by atoms with E-state index < -0.39 is 36.0 Å². The Kier molecular flexibility index (Phi) is 4.96. The van der Waals surface area contributed by atoms with Gasteiger partial charge in [0.05, 0.1) is 6.04 Å². The minimum atomic E-state index is -1.32. The number of hydrogen-bond donors (Lipinski definition) is 2. The van der Waals surface area contributed by atoms with Gasteiger partial charge in [-0.1, -0.05) is 24.3 Å². The van der Waals surface area contributed by atoms with Crippen LogP contribution >= 0.6 is 0 Å². The number of nitrogens with one attached hydrogen (secondary N) is 2. The molecule has 0 bridgehead atoms. The minimum Gasteiger partial charge on any atom is -0.486 e. The Balaban J connectivity index is 1.29. The van der Waals surface area contributed by atoms with Crippen LogP contribution < -0.4 is 20.1 Å². The van der Waals surface area contributed by atoms with Crippen molar-refractivity contribution >= 4 is 28.8 Å². The molecule has 3 heterocycles. The molecule has 9 heteroatoms. The van der Waals surface area contributed by atoms with Gasteiger partial charge in [-0.2, -0.15) is 0 Å². The molecule has 2 aliphatic heterocycles. The zero-order valence-electron chi connectivity index (χ0n) is 18.2. The van der Waals surface area contributed by atoms with E-state index in [4.69, 9.17) is 13.9 Å². The van der Waals surface area contributed by atoms with Crippen molar-refractivity contribution in [2.24, 2.45) is 0 Å². The number of carbonyl (C=O) groups excluding carboxylic acids is 3. The number of nitrogens with zero attached hydrogens (tertiary/aromatic N) is 1. The standard InChI is InChI=1S/C24H23N3O6/c1-14(19-11-15-5-3-4-6-17(15)33-19)25-21(28)13-27-22(29)24(2,26-23(27)30)16-7-8-18-20(12-16)32-10-9-31-18/h3-8,11-12,14H,9-10,13H2,1-2H3,(H,25,28)(H,26,30)/t14-,24-/m1/s1. The van der Waals surface area contributed by atoms with Crippen LogP contribution in [0, 0.1) is 0 Å². The van der Waals surface area contributed by atoms with Crippen LogP contribution in [0.5, 0.6) is 11.5 Å². The summed E-state index contributed by atoms with van der Waals surface area (Å²) in [5, 5.41) is 6.42. The number of ether oxygens (including phenoxy) is 2. The number of hydrogen-bond acceptors (Lipinski definition) is 6. The Morgan fingerprint density at radius 3 is 2.67 bits per heavy atom. The van der Waals surface area contributed by atoms with Gasteiger partial charge in [0, 0.05) is 5.39 Å². The fourth-order valence-corrected chi connectivity index (χ4v) is 4.11. The Morgan fingerprint density at radius 1 is 1.12 bits per heavy atom. The van der Waals surface area contributed by atoms with Gasteiger partial charge >= 0.3 is 6.03 Å². The van der Waals surface area contributed by atoms with Gasteiger partial charge in [-0.05, 0) is 43.7 Å². The molecule has 2 N–H and O–H groups in total. The average Bonchev–Trinajstić information content (AvgIpc) is 3.34. The van der Waals surface area contributed by atoms with Gasteiger partial charge in [0.2, 0.25) is 5.91 Å². The Labute approximate surface area is 189 Å². The number of imide groups is 1. The second-order valence-electron chi connectivity index (χ2n) is 8.28. The first kappa shape index (κ1) is 20.9. The number of furan rings is 1. The lowest BCUT2D eigenvalue weighted by molar-refractivity contribution is -0.135. The summed E-state index contributed by atoms with van der Waals surface area (Å²) in [7, 11) is 0. The lowest BCUT2D eigenvalue weighted by Crippen LogP contribution is -2.43. The minimum absolute atomic E-state index is 0.406. The van der Waals surface area contributed by atoms with Crippen LogP contribution in [0.15, 0.2) is 52.9 Å². The quantitative estimate of drug-likeness (QED) is 0.580. The third-order valence-electron chi connectivity index (χ3n) is 5.95. The van der Waals surface area contributed by atoms with Crippen molar-refractivity contribution < 1.29 is 28.3 Å². The zero-order chi connectivity index (χ0) is 23.2. The maximum atomic E-state index is 13.2. The number of carbonyl (C=O) groups is 3. The lowest BCUT2D eigenvalue weighted by Gasteiger charge is -2.25. The van der Waals surface area contributed by atoms with E-state index in [-0.39, 0.29) is 0 Å². The molecule has 1 fully saturated rings. The molecule has 9 nitrogen and oxygen atoms in total. The van der Waals surface area contributed by atoms with Crippen LogP contribution in [-0.4, -0.2) is 42.5 Å². The third-order valence-corrected chi connectivity index (χ3v) is 5.95. The maximum absolute atomic E-state index is 13.2. The highest BCUT2D eigenvalue weighted by molar-refractivity contribution is 6.09. The summed E-state index contributed by atoms with van der Waals surface area (Å²) in [4.78, 5) is 39.4. The van der Waals surface area contributed by atoms with Gasteiger partial charge in [0.1, 0.15) is 36.6 Å². The number of benzene rings is 2. The molecule has 1 aromatic heterocycles. The number of rotatable bonds is 5. The number of fused-ring (bicyclic) bond motifs is 2. The molecule has 0 spiro atoms. The lowest BCUT2D eigenvalue weighted by atomic mass is 9.91. The fraction of sp³-hybridized carbons (Fsp3) is 0.292. The molecule has 4 amide bonds. The highest BCUT2D eigenvalue weighted by atomic mass is 16.6. The summed E-state index contributed by atoms with van der Waals surface area (Å²) in [6.45, 7) is 3.83. The van der Waals surface area contributed by atoms with Crippen molar-refractivity contribution in [3.05, 3.63) is 59.9 Å². The SMILES string of the molecule is C[C@@H](NC(=O)CN1C(=O)N[C@](C)(c2ccc3c(c2)OCCO3)C1=O)c1cc2ccccc2o1. The van der Waals surface area contributed by atoms with Crippen molar-refractivity contribution in [2.45, 2.75) is 25.4 Å². The van der Waals surface area contributed by atoms with Crippen LogP contribution in [0.4, 0.5) is 4.79 Å². The Morgan fingerprint density at radius 2 is 1.88 bits per heavy atom. The summed E-state index contributed by atoms with van der Waals surface area (Å²) in [6, 6.07) is 13.4. The molecule has 0 radical (unpaired) electrons. The second kappa shape index (κ2) is 7.84. The van der Waals surface area contributed by atoms with Gasteiger partial charge < -0.3 is 24.5 Å². The normalized spacial score (nSPS) is 20.6. The highest BCUT2D eigenvalue weighted by Gasteiger charge is 2.49. The topological polar surface area (TPSA) is 110 Å². The van der Waals surface area contributed by atoms with Crippen molar-refractivity contribution in [1.82, 2.24) is 15.5 Å². The monoisotopic (exact) mass is 449 g/mol. The summed E-state index contributed by atoms with van der Waals surface area (Å²) in [5.74, 6) is 0.690. The molecule has 5 rings (SSSR count). The Bertz CT molecular complexity index is 1240. The Hall–Kier alpha value is -4.01. The molecule has 2 aromatic carbocycles. The van der Waals surface area contributed by atoms with E-state index in [1.807, 2.05) is 30.3 Å². The van der Waals surface area contributed by atoms with Crippen LogP contribution in [0.2, 0.25) is 0 Å². The smallest absolute Gasteiger partial charge is 0.325 e. The molecule has 0 aliphatic carbocycles. The number of amides is 4. The molecule has 170 valence electrons. The predicted molar refractivity (Wildman–Crippen MR) is 118 cm³/mol. The summed E-state index contributed by atoms with van der Waals surface area (Å²) in [5.41, 5.74) is -0.0566. The van der Waals surface area contributed by atoms with Crippen molar-refractivity contribution in [2.75, 3.05) is 19.8 Å². The van der Waals surface area contributed by atoms with E-state index in [1.165, 1.54) is 0 Å². The largest absolute Gasteiger partial charge is 0.486 e. The van der Waals surface area contributed by atoms with Crippen LogP contribution in [-0.2, 0) is 15.1 Å². The highest BCUT2D eigenvalue weighted by Crippen LogP contribution is 2.36. The van der Waals surface area contributed by atoms with Crippen molar-refractivity contribution in [3.63, 3.8) is 0 Å². The molecular weight excluding hydrogens is 426 g/mol. The number of urea groups is 1. The maximum Gasteiger partial charge on any atom is 0.325 e. The first-order valence-electron chi connectivity index (χ1n) is 10.7. The summed E-state index contributed by atoms with van der Waals surface area (Å²) in [6.07, 6.45) is 0. The van der Waals surface area contributed by atoms with Crippen molar-refractivity contribution in [3.8, 4) is 11.5 Å². The van der Waals surface area contributed by atoms with E-state index in [0.717, 1.165) is 15.9 Å². The van der Waals surface area contributed by atoms with Crippen LogP contribution in [0.3, 0.4) is 0 Å². The molecule has 3 aromatic rings. The van der Waals surface area contributed by atoms with Crippen LogP contribution in [0.25, 0.3) is 11.0 Å². The molecular formula is C24H23N3O6. The molecule has 2 atom stereocenters. The predicted octanol–water partition coefficient (Wildman–Crippen LogP) is 2.85. The molecule has 1 saturated heterocycles. The van der Waals surface area contributed by atoms with E-state index in [9.17, 15) is 14.4 Å². The summed E-state index contributed by atoms with van der Waals surface area (Å²) < 4.78 is 16.9. The fourth-order valence-electron chi connectivity index (χ4n) is 4.11. The second-order valence-corrected chi connectivity index (χ2v) is 8.28. The first-order valence-corrected chi connectivity index (χ1v) is 10.7. The number of para-hydroxylation sites is 1. The van der Waals surface area contributed by atoms with E-state index in [1.54, 1.807) is 32.0 Å². The van der Waals surface area contributed by atoms with Crippen LogP contribution in [0.1, 0.15) is 31.2 Å². The van der Waals surface area contributed by atoms with E-state index >= 15 is 0 Å². The van der Waals surface area contributed by atoms with Gasteiger partial charge in [-0.25, -0.2) is 4.79 Å². The molecule has 33 heavy (non-hydrogen) atoms. The first-order chi connectivity index (χ1) is 15.8. The molecule has 0 saturated carbocycles. The van der Waals surface area contributed by atoms with E-state index in [0.29, 0.717) is 36.0 Å². The average molecular weight is 449 g/mol. The molecule has 2 aliphatic rings. The third kappa shape index (κ3) is 3.65. The van der Waals surface area contributed by atoms with Gasteiger partial charge in [0.15, 0.2) is 11.5 Å².